The molecular formula is C25H24N2O5S. The van der Waals surface area contributed by atoms with Gasteiger partial charge >= 0.3 is 0 Å². The van der Waals surface area contributed by atoms with Gasteiger partial charge in [0.25, 0.3) is 0 Å². The summed E-state index contributed by atoms with van der Waals surface area (Å²) >= 11 is 0. The SMILES string of the molecule is O=C(Nc1ccc(S(=O)(=O)NC[C@@H]2CCCO2)cc1)C1c2ccccc2Oc2ccccc21. The van der Waals surface area contributed by atoms with Crippen LogP contribution in [0.2, 0.25) is 0 Å². The van der Waals surface area contributed by atoms with Crippen molar-refractivity contribution in [3.05, 3.63) is 83.9 Å². The first kappa shape index (κ1) is 21.6. The molecule has 0 radical (unpaired) electrons. The molecule has 33 heavy (non-hydrogen) atoms. The standard InChI is InChI=1S/C25H24N2O5S/c28-25(24-20-7-1-3-9-22(20)32-23-10-4-2-8-21(23)24)27-17-11-13-19(14-12-17)33(29,30)26-16-18-6-5-15-31-18/h1-4,7-14,18,24,26H,5-6,15-16H2,(H,27,28)/t18-/m0/s1. The molecule has 0 aromatic heterocycles. The fourth-order valence-corrected chi connectivity index (χ4v) is 5.28. The van der Waals surface area contributed by atoms with Gasteiger partial charge in [0.1, 0.15) is 11.5 Å². The molecule has 5 rings (SSSR count). The first-order valence-electron chi connectivity index (χ1n) is 10.9. The quantitative estimate of drug-likeness (QED) is 0.575. The molecule has 7 nitrogen and oxygen atoms in total. The van der Waals surface area contributed by atoms with Gasteiger partial charge in [-0.1, -0.05) is 36.4 Å². The number of fused-ring (bicyclic) bond motifs is 2. The Morgan fingerprint density at radius 1 is 0.909 bits per heavy atom. The molecule has 2 aliphatic heterocycles. The third-order valence-electron chi connectivity index (χ3n) is 5.90. The highest BCUT2D eigenvalue weighted by Gasteiger charge is 2.32. The molecule has 0 spiro atoms. The average molecular weight is 465 g/mol. The summed E-state index contributed by atoms with van der Waals surface area (Å²) < 4.78 is 39.2. The maximum atomic E-state index is 13.3. The number of amides is 1. The van der Waals surface area contributed by atoms with Gasteiger partial charge in [-0.3, -0.25) is 4.79 Å². The normalized spacial score (nSPS) is 17.6. The lowest BCUT2D eigenvalue weighted by Crippen LogP contribution is -2.31. The zero-order chi connectivity index (χ0) is 22.8. The van der Waals surface area contributed by atoms with Crippen LogP contribution < -0.4 is 14.8 Å². The number of nitrogens with one attached hydrogen (secondary N) is 2. The summed E-state index contributed by atoms with van der Waals surface area (Å²) in [6.45, 7) is 0.923. The number of ether oxygens (including phenoxy) is 2. The molecule has 0 aliphatic carbocycles. The minimum absolute atomic E-state index is 0.0800. The second-order valence-electron chi connectivity index (χ2n) is 8.11. The van der Waals surface area contributed by atoms with E-state index in [2.05, 4.69) is 10.0 Å². The number of para-hydroxylation sites is 2. The van der Waals surface area contributed by atoms with Gasteiger partial charge in [0, 0.05) is 30.0 Å². The van der Waals surface area contributed by atoms with Crippen LogP contribution in [0.5, 0.6) is 11.5 Å². The minimum atomic E-state index is -3.65. The van der Waals surface area contributed by atoms with Crippen LogP contribution >= 0.6 is 0 Å². The van der Waals surface area contributed by atoms with Crippen LogP contribution in [0.1, 0.15) is 29.9 Å². The predicted octanol–water partition coefficient (Wildman–Crippen LogP) is 4.02. The molecule has 1 fully saturated rings. The van der Waals surface area contributed by atoms with E-state index in [0.717, 1.165) is 24.0 Å². The number of benzene rings is 3. The second kappa shape index (κ2) is 8.97. The molecule has 3 aromatic rings. The van der Waals surface area contributed by atoms with Crippen molar-refractivity contribution in [1.82, 2.24) is 4.72 Å². The van der Waals surface area contributed by atoms with E-state index in [4.69, 9.17) is 9.47 Å². The summed E-state index contributed by atoms with van der Waals surface area (Å²) in [5, 5.41) is 2.92. The number of carbonyl (C=O) groups is 1. The number of anilines is 1. The van der Waals surface area contributed by atoms with Crippen LogP contribution in [-0.2, 0) is 19.6 Å². The summed E-state index contributed by atoms with van der Waals surface area (Å²) in [6, 6.07) is 21.1. The lowest BCUT2D eigenvalue weighted by molar-refractivity contribution is -0.116. The van der Waals surface area contributed by atoms with Crippen LogP contribution in [0.3, 0.4) is 0 Å². The van der Waals surface area contributed by atoms with Gasteiger partial charge < -0.3 is 14.8 Å². The van der Waals surface area contributed by atoms with E-state index in [1.54, 1.807) is 12.1 Å². The average Bonchev–Trinajstić information content (AvgIpc) is 3.35. The van der Waals surface area contributed by atoms with Crippen molar-refractivity contribution >= 4 is 21.6 Å². The zero-order valence-electron chi connectivity index (χ0n) is 17.9. The molecule has 0 bridgehead atoms. The first-order chi connectivity index (χ1) is 16.0. The number of carbonyl (C=O) groups excluding carboxylic acids is 1. The molecule has 2 heterocycles. The predicted molar refractivity (Wildman–Crippen MR) is 124 cm³/mol. The van der Waals surface area contributed by atoms with Crippen molar-refractivity contribution in [3.63, 3.8) is 0 Å². The third-order valence-corrected chi connectivity index (χ3v) is 7.34. The molecule has 170 valence electrons. The molecular weight excluding hydrogens is 440 g/mol. The van der Waals surface area contributed by atoms with Crippen molar-refractivity contribution < 1.29 is 22.7 Å². The Morgan fingerprint density at radius 3 is 2.15 bits per heavy atom. The minimum Gasteiger partial charge on any atom is -0.457 e. The number of hydrogen-bond acceptors (Lipinski definition) is 5. The molecule has 8 heteroatoms. The van der Waals surface area contributed by atoms with Crippen LogP contribution in [0, 0.1) is 0 Å². The Kier molecular flexibility index (Phi) is 5.88. The Morgan fingerprint density at radius 2 is 1.55 bits per heavy atom. The van der Waals surface area contributed by atoms with E-state index in [0.29, 0.717) is 23.8 Å². The van der Waals surface area contributed by atoms with Crippen molar-refractivity contribution in [2.24, 2.45) is 0 Å². The Labute approximate surface area is 192 Å². The smallest absolute Gasteiger partial charge is 0.240 e. The van der Waals surface area contributed by atoms with Crippen LogP contribution in [0.25, 0.3) is 0 Å². The van der Waals surface area contributed by atoms with E-state index in [-0.39, 0.29) is 23.5 Å². The maximum absolute atomic E-state index is 13.3. The van der Waals surface area contributed by atoms with Crippen LogP contribution in [0.15, 0.2) is 77.7 Å². The maximum Gasteiger partial charge on any atom is 0.240 e. The van der Waals surface area contributed by atoms with Gasteiger partial charge in [0.2, 0.25) is 15.9 Å². The van der Waals surface area contributed by atoms with Crippen molar-refractivity contribution in [3.8, 4) is 11.5 Å². The highest BCUT2D eigenvalue weighted by molar-refractivity contribution is 7.89. The van der Waals surface area contributed by atoms with Gasteiger partial charge in [-0.25, -0.2) is 13.1 Å². The molecule has 1 saturated heterocycles. The second-order valence-corrected chi connectivity index (χ2v) is 9.88. The summed E-state index contributed by atoms with van der Waals surface area (Å²) in [5.41, 5.74) is 2.08. The Balaban J connectivity index is 1.33. The number of rotatable bonds is 6. The van der Waals surface area contributed by atoms with Crippen LogP contribution in [0.4, 0.5) is 5.69 Å². The number of hydrogen-bond donors (Lipinski definition) is 2. The monoisotopic (exact) mass is 464 g/mol. The molecule has 2 N–H and O–H groups in total. The molecule has 1 amide bonds. The fourth-order valence-electron chi connectivity index (χ4n) is 4.22. The van der Waals surface area contributed by atoms with Crippen molar-refractivity contribution in [1.29, 1.82) is 0 Å². The molecule has 1 atom stereocenters. The van der Waals surface area contributed by atoms with E-state index in [1.807, 2.05) is 48.5 Å². The highest BCUT2D eigenvalue weighted by atomic mass is 32.2. The Hall–Kier alpha value is -3.20. The topological polar surface area (TPSA) is 93.7 Å². The third kappa shape index (κ3) is 4.50. The number of sulfonamides is 1. The lowest BCUT2D eigenvalue weighted by Gasteiger charge is -2.27. The first-order valence-corrected chi connectivity index (χ1v) is 12.4. The Bertz CT molecular complexity index is 1220. The molecule has 0 unspecified atom stereocenters. The van der Waals surface area contributed by atoms with Gasteiger partial charge in [-0.15, -0.1) is 0 Å². The zero-order valence-corrected chi connectivity index (χ0v) is 18.7. The van der Waals surface area contributed by atoms with E-state index in [9.17, 15) is 13.2 Å². The van der Waals surface area contributed by atoms with Gasteiger partial charge in [0.15, 0.2) is 0 Å². The molecule has 3 aromatic carbocycles. The molecule has 2 aliphatic rings. The summed E-state index contributed by atoms with van der Waals surface area (Å²) in [6.07, 6.45) is 1.72. The van der Waals surface area contributed by atoms with Gasteiger partial charge in [0.05, 0.1) is 16.9 Å². The fraction of sp³-hybridized carbons (Fsp3) is 0.240. The largest absolute Gasteiger partial charge is 0.457 e. The summed E-state index contributed by atoms with van der Waals surface area (Å²) in [5.74, 6) is 0.540. The van der Waals surface area contributed by atoms with E-state index in [1.165, 1.54) is 12.1 Å². The van der Waals surface area contributed by atoms with Crippen LogP contribution in [-0.4, -0.2) is 33.6 Å². The van der Waals surface area contributed by atoms with E-state index >= 15 is 0 Å². The highest BCUT2D eigenvalue weighted by Crippen LogP contribution is 2.44. The van der Waals surface area contributed by atoms with E-state index < -0.39 is 15.9 Å². The van der Waals surface area contributed by atoms with Gasteiger partial charge in [-0.2, -0.15) is 0 Å². The summed E-state index contributed by atoms with van der Waals surface area (Å²) in [7, 11) is -3.65. The summed E-state index contributed by atoms with van der Waals surface area (Å²) in [4.78, 5) is 13.5. The van der Waals surface area contributed by atoms with Crippen molar-refractivity contribution in [2.75, 3.05) is 18.5 Å². The molecule has 0 saturated carbocycles. The van der Waals surface area contributed by atoms with Gasteiger partial charge in [-0.05, 0) is 49.2 Å². The van der Waals surface area contributed by atoms with Crippen molar-refractivity contribution in [2.45, 2.75) is 29.8 Å². The lowest BCUT2D eigenvalue weighted by atomic mass is 9.87.